The molecule has 0 saturated heterocycles. The van der Waals surface area contributed by atoms with E-state index in [2.05, 4.69) is 15.1 Å². The summed E-state index contributed by atoms with van der Waals surface area (Å²) < 4.78 is 48.8. The molecule has 0 spiro atoms. The Morgan fingerprint density at radius 3 is 2.57 bits per heavy atom. The third kappa shape index (κ3) is 4.77. The number of hydrogen-bond donors (Lipinski definition) is 2. The zero-order valence-electron chi connectivity index (χ0n) is 16.3. The van der Waals surface area contributed by atoms with Crippen LogP contribution in [0.4, 0.5) is 13.2 Å². The molecule has 1 aromatic carbocycles. The van der Waals surface area contributed by atoms with Gasteiger partial charge < -0.3 is 19.5 Å². The molecular weight excluding hydrogens is 403 g/mol. The fraction of sp³-hybridized carbons (Fsp3) is 0.350. The van der Waals surface area contributed by atoms with E-state index in [0.717, 1.165) is 23.4 Å². The number of aryl methyl sites for hydroxylation is 2. The molecule has 0 aliphatic heterocycles. The lowest BCUT2D eigenvalue weighted by Crippen LogP contribution is -2.22. The van der Waals surface area contributed by atoms with E-state index in [1.807, 2.05) is 19.9 Å². The number of benzene rings is 1. The lowest BCUT2D eigenvalue weighted by atomic mass is 10.0. The molecule has 0 amide bonds. The van der Waals surface area contributed by atoms with E-state index < -0.39 is 24.6 Å². The minimum atomic E-state index is -4.52. The van der Waals surface area contributed by atoms with Crippen LogP contribution in [0.25, 0.3) is 22.8 Å². The van der Waals surface area contributed by atoms with Crippen molar-refractivity contribution in [2.45, 2.75) is 32.5 Å². The normalized spacial score (nSPS) is 12.8. The van der Waals surface area contributed by atoms with Crippen LogP contribution in [-0.2, 0) is 12.6 Å². The average Bonchev–Trinajstić information content (AvgIpc) is 3.21. The predicted octanol–water partition coefficient (Wildman–Crippen LogP) is 3.42. The average molecular weight is 423 g/mol. The topological polar surface area (TPSA) is 102 Å². The van der Waals surface area contributed by atoms with Crippen molar-refractivity contribution in [3.63, 3.8) is 0 Å². The second-order valence-electron chi connectivity index (χ2n) is 6.64. The van der Waals surface area contributed by atoms with E-state index in [4.69, 9.17) is 14.4 Å². The number of pyridine rings is 1. The molecule has 0 radical (unpaired) electrons. The number of rotatable bonds is 7. The molecule has 0 aliphatic rings. The first kappa shape index (κ1) is 21.7. The van der Waals surface area contributed by atoms with E-state index in [1.165, 1.54) is 6.07 Å². The number of aromatic nitrogens is 3. The Labute approximate surface area is 170 Å². The molecule has 160 valence electrons. The molecular formula is C20H20F3N3O4. The van der Waals surface area contributed by atoms with Gasteiger partial charge in [-0.15, -0.1) is 0 Å². The van der Waals surface area contributed by atoms with Gasteiger partial charge in [0.1, 0.15) is 24.2 Å². The van der Waals surface area contributed by atoms with E-state index in [1.54, 1.807) is 6.07 Å². The van der Waals surface area contributed by atoms with Gasteiger partial charge in [0.05, 0.1) is 12.2 Å². The van der Waals surface area contributed by atoms with E-state index in [-0.39, 0.29) is 23.9 Å². The lowest BCUT2D eigenvalue weighted by molar-refractivity contribution is -0.141. The largest absolute Gasteiger partial charge is 0.490 e. The SMILES string of the molecule is CCc1cc(-c2noc(-c3ccc(C(F)(F)F)nc3)n2)cc(C)c1OCC(O)CO. The highest BCUT2D eigenvalue weighted by Crippen LogP contribution is 2.32. The Balaban J connectivity index is 1.87. The van der Waals surface area contributed by atoms with E-state index in [9.17, 15) is 18.3 Å². The van der Waals surface area contributed by atoms with Gasteiger partial charge in [0.15, 0.2) is 0 Å². The summed E-state index contributed by atoms with van der Waals surface area (Å²) in [6, 6.07) is 5.66. The Kier molecular flexibility index (Phi) is 6.37. The molecule has 7 nitrogen and oxygen atoms in total. The van der Waals surface area contributed by atoms with Gasteiger partial charge in [0, 0.05) is 11.8 Å². The van der Waals surface area contributed by atoms with Crippen molar-refractivity contribution in [1.29, 1.82) is 0 Å². The summed E-state index contributed by atoms with van der Waals surface area (Å²) >= 11 is 0. The molecule has 0 fully saturated rings. The Morgan fingerprint density at radius 1 is 1.20 bits per heavy atom. The number of aliphatic hydroxyl groups excluding tert-OH is 2. The fourth-order valence-electron chi connectivity index (χ4n) is 2.82. The number of aliphatic hydroxyl groups is 2. The highest BCUT2D eigenvalue weighted by molar-refractivity contribution is 5.63. The van der Waals surface area contributed by atoms with Crippen LogP contribution >= 0.6 is 0 Å². The Morgan fingerprint density at radius 2 is 1.97 bits per heavy atom. The number of halogens is 3. The summed E-state index contributed by atoms with van der Waals surface area (Å²) in [7, 11) is 0. The molecule has 2 heterocycles. The molecule has 0 saturated carbocycles. The molecule has 0 bridgehead atoms. The zero-order valence-corrected chi connectivity index (χ0v) is 16.3. The Hall–Kier alpha value is -2.98. The van der Waals surface area contributed by atoms with Gasteiger partial charge >= 0.3 is 6.18 Å². The number of hydrogen-bond acceptors (Lipinski definition) is 7. The van der Waals surface area contributed by atoms with Crippen molar-refractivity contribution < 1.29 is 32.6 Å². The van der Waals surface area contributed by atoms with Crippen LogP contribution in [0.3, 0.4) is 0 Å². The second kappa shape index (κ2) is 8.80. The zero-order chi connectivity index (χ0) is 21.9. The van der Waals surface area contributed by atoms with Gasteiger partial charge in [-0.1, -0.05) is 12.1 Å². The standard InChI is InChI=1S/C20H20F3N3O4/c1-3-12-7-14(6-11(2)17(12)29-10-15(28)9-27)18-25-19(30-26-18)13-4-5-16(24-8-13)20(21,22)23/h4-8,15,27-28H,3,9-10H2,1-2H3. The van der Waals surface area contributed by atoms with Crippen molar-refractivity contribution in [1.82, 2.24) is 15.1 Å². The summed E-state index contributed by atoms with van der Waals surface area (Å²) in [5, 5.41) is 22.4. The first-order valence-electron chi connectivity index (χ1n) is 9.15. The van der Waals surface area contributed by atoms with Crippen molar-refractivity contribution in [3.8, 4) is 28.6 Å². The minimum absolute atomic E-state index is 0.0447. The van der Waals surface area contributed by atoms with Crippen molar-refractivity contribution in [2.24, 2.45) is 0 Å². The first-order chi connectivity index (χ1) is 14.2. The molecule has 3 aromatic rings. The van der Waals surface area contributed by atoms with Gasteiger partial charge in [0.25, 0.3) is 5.89 Å². The van der Waals surface area contributed by atoms with Crippen LogP contribution in [0, 0.1) is 6.92 Å². The third-order valence-corrected chi connectivity index (χ3v) is 4.35. The molecule has 10 heteroatoms. The molecule has 30 heavy (non-hydrogen) atoms. The highest BCUT2D eigenvalue weighted by atomic mass is 19.4. The van der Waals surface area contributed by atoms with Crippen LogP contribution in [0.2, 0.25) is 0 Å². The number of ether oxygens (including phenoxy) is 1. The van der Waals surface area contributed by atoms with Crippen LogP contribution in [0.1, 0.15) is 23.7 Å². The summed E-state index contributed by atoms with van der Waals surface area (Å²) in [5.74, 6) is 0.919. The lowest BCUT2D eigenvalue weighted by Gasteiger charge is -2.16. The van der Waals surface area contributed by atoms with Crippen LogP contribution < -0.4 is 4.74 Å². The fourth-order valence-corrected chi connectivity index (χ4v) is 2.82. The smallest absolute Gasteiger partial charge is 0.433 e. The maximum atomic E-state index is 12.7. The second-order valence-corrected chi connectivity index (χ2v) is 6.64. The predicted molar refractivity (Wildman–Crippen MR) is 101 cm³/mol. The van der Waals surface area contributed by atoms with Crippen molar-refractivity contribution >= 4 is 0 Å². The van der Waals surface area contributed by atoms with Crippen molar-refractivity contribution in [3.05, 3.63) is 47.3 Å². The summed E-state index contributed by atoms with van der Waals surface area (Å²) in [6.45, 7) is 3.31. The number of nitrogens with zero attached hydrogens (tertiary/aromatic N) is 3. The quantitative estimate of drug-likeness (QED) is 0.600. The monoisotopic (exact) mass is 423 g/mol. The van der Waals surface area contributed by atoms with Crippen molar-refractivity contribution in [2.75, 3.05) is 13.2 Å². The minimum Gasteiger partial charge on any atom is -0.490 e. The molecule has 2 aromatic heterocycles. The Bertz CT molecular complexity index is 1000. The van der Waals surface area contributed by atoms with Crippen LogP contribution in [0.15, 0.2) is 35.0 Å². The maximum absolute atomic E-state index is 12.7. The van der Waals surface area contributed by atoms with Gasteiger partial charge in [-0.2, -0.15) is 18.2 Å². The third-order valence-electron chi connectivity index (χ3n) is 4.35. The summed E-state index contributed by atoms with van der Waals surface area (Å²) in [4.78, 5) is 7.66. The van der Waals surface area contributed by atoms with Gasteiger partial charge in [-0.25, -0.2) is 0 Å². The van der Waals surface area contributed by atoms with Crippen LogP contribution in [-0.4, -0.2) is 44.7 Å². The molecule has 1 atom stereocenters. The summed E-state index contributed by atoms with van der Waals surface area (Å²) in [5.41, 5.74) is 1.53. The number of alkyl halides is 3. The molecule has 1 unspecified atom stereocenters. The molecule has 2 N–H and O–H groups in total. The molecule has 3 rings (SSSR count). The van der Waals surface area contributed by atoms with Gasteiger partial charge in [0.2, 0.25) is 5.82 Å². The summed E-state index contributed by atoms with van der Waals surface area (Å²) in [6.07, 6.45) is -3.84. The maximum Gasteiger partial charge on any atom is 0.433 e. The van der Waals surface area contributed by atoms with E-state index >= 15 is 0 Å². The molecule has 0 aliphatic carbocycles. The van der Waals surface area contributed by atoms with Gasteiger partial charge in [-0.3, -0.25) is 4.98 Å². The van der Waals surface area contributed by atoms with Crippen LogP contribution in [0.5, 0.6) is 5.75 Å². The highest BCUT2D eigenvalue weighted by Gasteiger charge is 2.32. The van der Waals surface area contributed by atoms with E-state index in [0.29, 0.717) is 17.7 Å². The first-order valence-corrected chi connectivity index (χ1v) is 9.15. The van der Waals surface area contributed by atoms with Gasteiger partial charge in [-0.05, 0) is 48.7 Å².